The Balaban J connectivity index is 3.18. The lowest BCUT2D eigenvalue weighted by molar-refractivity contribution is 0.590. The number of hydrogen-bond donors (Lipinski definition) is 0. The highest BCUT2D eigenvalue weighted by molar-refractivity contribution is 6.32. The molecule has 0 aliphatic rings. The molecule has 0 radical (unpaired) electrons. The van der Waals surface area contributed by atoms with Gasteiger partial charge < -0.3 is 0 Å². The van der Waals surface area contributed by atoms with Crippen molar-refractivity contribution in [3.8, 4) is 0 Å². The van der Waals surface area contributed by atoms with Crippen LogP contribution in [0.1, 0.15) is 31.9 Å². The van der Waals surface area contributed by atoms with Crippen molar-refractivity contribution < 1.29 is 0 Å². The second-order valence-corrected chi connectivity index (χ2v) is 4.63. The first-order valence-corrected chi connectivity index (χ1v) is 4.48. The molecule has 1 aromatic carbocycles. The predicted octanol–water partition coefficient (Wildman–Crippen LogP) is 1.55. The van der Waals surface area contributed by atoms with Gasteiger partial charge in [-0.2, -0.15) is 0 Å². The van der Waals surface area contributed by atoms with Crippen LogP contribution in [0.15, 0.2) is 18.2 Å². The minimum absolute atomic E-state index is 0.275. The Morgan fingerprint density at radius 1 is 1.08 bits per heavy atom. The van der Waals surface area contributed by atoms with Crippen molar-refractivity contribution in [3.05, 3.63) is 29.3 Å². The molecule has 64 valence electrons. The Morgan fingerprint density at radius 2 is 1.67 bits per heavy atom. The Hall–Kier alpha value is -0.715. The first-order chi connectivity index (χ1) is 5.39. The van der Waals surface area contributed by atoms with E-state index in [1.165, 1.54) is 16.6 Å². The average molecular weight is 160 g/mol. The molecule has 0 spiro atoms. The quantitative estimate of drug-likeness (QED) is 0.505. The zero-order valence-corrected chi connectivity index (χ0v) is 8.73. The molecule has 0 fully saturated rings. The van der Waals surface area contributed by atoms with Crippen molar-refractivity contribution >= 4 is 13.3 Å². The highest BCUT2D eigenvalue weighted by Gasteiger charge is 2.13. The van der Waals surface area contributed by atoms with Gasteiger partial charge >= 0.3 is 0 Å². The minimum Gasteiger partial charge on any atom is -0.0884 e. The lowest BCUT2D eigenvalue weighted by Gasteiger charge is -2.20. The monoisotopic (exact) mass is 160 g/mol. The van der Waals surface area contributed by atoms with E-state index in [2.05, 4.69) is 53.7 Å². The molecule has 0 bridgehead atoms. The molecule has 0 heterocycles. The Morgan fingerprint density at radius 3 is 2.08 bits per heavy atom. The van der Waals surface area contributed by atoms with Crippen molar-refractivity contribution in [3.63, 3.8) is 0 Å². The van der Waals surface area contributed by atoms with Crippen LogP contribution >= 0.6 is 0 Å². The van der Waals surface area contributed by atoms with E-state index in [0.29, 0.717) is 0 Å². The minimum atomic E-state index is 0.275. The molecule has 0 N–H and O–H groups in total. The fourth-order valence-corrected chi connectivity index (χ4v) is 1.41. The summed E-state index contributed by atoms with van der Waals surface area (Å²) < 4.78 is 0. The zero-order chi connectivity index (χ0) is 9.35. The van der Waals surface area contributed by atoms with Gasteiger partial charge in [0, 0.05) is 0 Å². The van der Waals surface area contributed by atoms with Crippen molar-refractivity contribution in [1.29, 1.82) is 0 Å². The van der Waals surface area contributed by atoms with Gasteiger partial charge in [0.2, 0.25) is 0 Å². The molecule has 0 atom stereocenters. The van der Waals surface area contributed by atoms with Crippen LogP contribution in [0.3, 0.4) is 0 Å². The maximum atomic E-state index is 2.27. The summed E-state index contributed by atoms with van der Waals surface area (Å²) in [7, 11) is 2.15. The van der Waals surface area contributed by atoms with Crippen molar-refractivity contribution in [2.45, 2.75) is 33.1 Å². The van der Waals surface area contributed by atoms with Crippen LogP contribution in [-0.4, -0.2) is 7.85 Å². The van der Waals surface area contributed by atoms with E-state index in [1.54, 1.807) is 0 Å². The molecule has 0 saturated heterocycles. The fraction of sp³-hybridized carbons (Fsp3) is 0.455. The lowest BCUT2D eigenvalue weighted by Crippen LogP contribution is -2.15. The molecule has 0 aliphatic carbocycles. The molecular weight excluding hydrogens is 143 g/mol. The maximum Gasteiger partial charge on any atom is 0.139 e. The Bertz CT molecular complexity index is 261. The van der Waals surface area contributed by atoms with Gasteiger partial charge in [0.05, 0.1) is 0 Å². The molecule has 0 aromatic heterocycles. The van der Waals surface area contributed by atoms with Crippen LogP contribution in [0.4, 0.5) is 0 Å². The van der Waals surface area contributed by atoms with Crippen LogP contribution in [-0.2, 0) is 5.41 Å². The van der Waals surface area contributed by atoms with E-state index >= 15 is 0 Å². The van der Waals surface area contributed by atoms with Crippen molar-refractivity contribution in [2.75, 3.05) is 0 Å². The molecule has 0 aliphatic heterocycles. The smallest absolute Gasteiger partial charge is 0.0884 e. The molecule has 1 heteroatoms. The van der Waals surface area contributed by atoms with Gasteiger partial charge in [-0.05, 0) is 17.9 Å². The van der Waals surface area contributed by atoms with Crippen LogP contribution in [0.5, 0.6) is 0 Å². The topological polar surface area (TPSA) is 0 Å². The van der Waals surface area contributed by atoms with Gasteiger partial charge in [-0.25, -0.2) is 0 Å². The first-order valence-electron chi connectivity index (χ1n) is 4.48. The normalized spacial score (nSPS) is 11.7. The number of rotatable bonds is 0. The van der Waals surface area contributed by atoms with Crippen LogP contribution < -0.4 is 5.46 Å². The van der Waals surface area contributed by atoms with E-state index in [9.17, 15) is 0 Å². The maximum absolute atomic E-state index is 2.27. The van der Waals surface area contributed by atoms with Gasteiger partial charge in [-0.1, -0.05) is 50.0 Å². The molecule has 0 saturated carbocycles. The summed E-state index contributed by atoms with van der Waals surface area (Å²) in [6, 6.07) is 6.76. The largest absolute Gasteiger partial charge is 0.139 e. The number of hydrogen-bond acceptors (Lipinski definition) is 0. The summed E-state index contributed by atoms with van der Waals surface area (Å²) in [6.07, 6.45) is 0. The highest BCUT2D eigenvalue weighted by atomic mass is 14.2. The van der Waals surface area contributed by atoms with Gasteiger partial charge in [0.1, 0.15) is 7.85 Å². The summed E-state index contributed by atoms with van der Waals surface area (Å²) in [6.45, 7) is 8.91. The van der Waals surface area contributed by atoms with Gasteiger partial charge in [-0.3, -0.25) is 0 Å². The van der Waals surface area contributed by atoms with E-state index < -0.39 is 0 Å². The number of benzene rings is 1. The molecule has 0 unspecified atom stereocenters. The van der Waals surface area contributed by atoms with Gasteiger partial charge in [0.25, 0.3) is 0 Å². The van der Waals surface area contributed by atoms with E-state index in [0.717, 1.165) is 0 Å². The van der Waals surface area contributed by atoms with E-state index in [4.69, 9.17) is 0 Å². The Labute approximate surface area is 76.4 Å². The zero-order valence-electron chi connectivity index (χ0n) is 8.73. The lowest BCUT2D eigenvalue weighted by atomic mass is 9.82. The van der Waals surface area contributed by atoms with Crippen molar-refractivity contribution in [1.82, 2.24) is 0 Å². The summed E-state index contributed by atoms with van der Waals surface area (Å²) in [5.74, 6) is 0. The second kappa shape index (κ2) is 2.97. The standard InChI is InChI=1S/C11H17B/c1-8-5-9(11(2,3)4)7-10(12)6-8/h5-7H,12H2,1-4H3. The van der Waals surface area contributed by atoms with Crippen LogP contribution in [0.25, 0.3) is 0 Å². The highest BCUT2D eigenvalue weighted by Crippen LogP contribution is 2.21. The molecule has 0 nitrogen and oxygen atoms in total. The molecule has 0 amide bonds. The van der Waals surface area contributed by atoms with Crippen LogP contribution in [0, 0.1) is 6.92 Å². The average Bonchev–Trinajstić information content (AvgIpc) is 1.82. The summed E-state index contributed by atoms with van der Waals surface area (Å²) >= 11 is 0. The van der Waals surface area contributed by atoms with Crippen LogP contribution in [0.2, 0.25) is 0 Å². The Kier molecular flexibility index (Phi) is 2.32. The van der Waals surface area contributed by atoms with Gasteiger partial charge in [-0.15, -0.1) is 0 Å². The van der Waals surface area contributed by atoms with Crippen molar-refractivity contribution in [2.24, 2.45) is 0 Å². The van der Waals surface area contributed by atoms with E-state index in [-0.39, 0.29) is 5.41 Å². The SMILES string of the molecule is Bc1cc(C)cc(C(C)(C)C)c1. The summed E-state index contributed by atoms with van der Waals surface area (Å²) in [5, 5.41) is 0. The number of aryl methyl sites for hydroxylation is 1. The first kappa shape index (κ1) is 9.37. The predicted molar refractivity (Wildman–Crippen MR) is 58.1 cm³/mol. The fourth-order valence-electron chi connectivity index (χ4n) is 1.41. The summed E-state index contributed by atoms with van der Waals surface area (Å²) in [4.78, 5) is 0. The molecule has 12 heavy (non-hydrogen) atoms. The third-order valence-electron chi connectivity index (χ3n) is 2.09. The summed E-state index contributed by atoms with van der Waals surface area (Å²) in [5.41, 5.74) is 4.43. The molecular formula is C11H17B. The van der Waals surface area contributed by atoms with Gasteiger partial charge in [0.15, 0.2) is 0 Å². The third-order valence-corrected chi connectivity index (χ3v) is 2.09. The third kappa shape index (κ3) is 2.13. The molecule has 1 rings (SSSR count). The van der Waals surface area contributed by atoms with E-state index in [1.807, 2.05) is 0 Å². The second-order valence-electron chi connectivity index (χ2n) is 4.63. The molecule has 1 aromatic rings.